The Morgan fingerprint density at radius 3 is 2.73 bits per heavy atom. The molecule has 0 aromatic carbocycles. The highest BCUT2D eigenvalue weighted by Crippen LogP contribution is 2.24. The van der Waals surface area contributed by atoms with Crippen LogP contribution in [-0.4, -0.2) is 28.2 Å². The van der Waals surface area contributed by atoms with Crippen LogP contribution in [0.1, 0.15) is 16.6 Å². The molecule has 1 atom stereocenters. The molecule has 0 saturated heterocycles. The highest BCUT2D eigenvalue weighted by Gasteiger charge is 2.13. The number of thioether (sulfide) groups is 1. The molecule has 1 rings (SSSR count). The fourth-order valence-corrected chi connectivity index (χ4v) is 1.56. The minimum atomic E-state index is 0.272. The lowest BCUT2D eigenvalue weighted by molar-refractivity contribution is 0.864. The van der Waals surface area contributed by atoms with Gasteiger partial charge in [0.25, 0.3) is 0 Å². The van der Waals surface area contributed by atoms with Crippen molar-refractivity contribution in [3.05, 3.63) is 11.4 Å². The number of aryl methyl sites for hydroxylation is 1. The Balaban J connectivity index is 2.81. The summed E-state index contributed by atoms with van der Waals surface area (Å²) in [6.45, 7) is 2.53. The molecule has 0 saturated carbocycles. The Morgan fingerprint density at radius 1 is 1.64 bits per heavy atom. The summed E-state index contributed by atoms with van der Waals surface area (Å²) < 4.78 is 0. The van der Waals surface area contributed by atoms with Gasteiger partial charge in [-0.2, -0.15) is 27.2 Å². The third-order valence-electron chi connectivity index (χ3n) is 1.56. The number of nitrogens with one attached hydrogen (secondary N) is 1. The van der Waals surface area contributed by atoms with Gasteiger partial charge in [-0.1, -0.05) is 0 Å². The molecule has 1 aromatic rings. The zero-order chi connectivity index (χ0) is 8.27. The lowest BCUT2D eigenvalue weighted by atomic mass is 10.2. The van der Waals surface area contributed by atoms with Gasteiger partial charge >= 0.3 is 0 Å². The van der Waals surface area contributed by atoms with Crippen LogP contribution in [0.4, 0.5) is 0 Å². The third-order valence-corrected chi connectivity index (χ3v) is 2.55. The van der Waals surface area contributed by atoms with E-state index in [1.54, 1.807) is 11.8 Å². The minimum absolute atomic E-state index is 0.272. The van der Waals surface area contributed by atoms with Crippen molar-refractivity contribution in [3.63, 3.8) is 0 Å². The number of hydrogen-bond acceptors (Lipinski definition) is 4. The number of rotatable bonds is 3. The van der Waals surface area contributed by atoms with Crippen LogP contribution in [0.15, 0.2) is 0 Å². The van der Waals surface area contributed by atoms with Crippen LogP contribution in [0.2, 0.25) is 0 Å². The van der Waals surface area contributed by atoms with Gasteiger partial charge in [0, 0.05) is 6.54 Å². The van der Waals surface area contributed by atoms with Gasteiger partial charge in [-0.3, -0.25) is 0 Å². The maximum absolute atomic E-state index is 5.54. The standard InChI is InChI=1S/C6H12N4S/c1-4-6(9-10-8-4)5(3-7)11-2/h5H,3,7H2,1-2H3,(H,8,9,10). The quantitative estimate of drug-likeness (QED) is 0.695. The van der Waals surface area contributed by atoms with Crippen LogP contribution in [0.5, 0.6) is 0 Å². The monoisotopic (exact) mass is 172 g/mol. The molecule has 1 unspecified atom stereocenters. The van der Waals surface area contributed by atoms with E-state index < -0.39 is 0 Å². The number of nitrogens with two attached hydrogens (primary N) is 1. The number of aromatic nitrogens is 3. The normalized spacial score (nSPS) is 13.4. The van der Waals surface area contributed by atoms with E-state index in [-0.39, 0.29) is 5.25 Å². The minimum Gasteiger partial charge on any atom is -0.329 e. The Bertz CT molecular complexity index is 218. The molecule has 11 heavy (non-hydrogen) atoms. The average molecular weight is 172 g/mol. The molecule has 0 aliphatic carbocycles. The van der Waals surface area contributed by atoms with E-state index in [1.807, 2.05) is 13.2 Å². The van der Waals surface area contributed by atoms with Gasteiger partial charge < -0.3 is 5.73 Å². The van der Waals surface area contributed by atoms with E-state index in [2.05, 4.69) is 15.4 Å². The fraction of sp³-hybridized carbons (Fsp3) is 0.667. The molecule has 0 spiro atoms. The summed E-state index contributed by atoms with van der Waals surface area (Å²) in [6, 6.07) is 0. The van der Waals surface area contributed by atoms with E-state index in [4.69, 9.17) is 5.73 Å². The second-order valence-electron chi connectivity index (χ2n) is 2.25. The molecule has 0 fully saturated rings. The van der Waals surface area contributed by atoms with Crippen LogP contribution in [-0.2, 0) is 0 Å². The molecule has 62 valence electrons. The molecule has 0 aliphatic heterocycles. The predicted molar refractivity (Wildman–Crippen MR) is 46.4 cm³/mol. The van der Waals surface area contributed by atoms with Gasteiger partial charge in [0.05, 0.1) is 16.6 Å². The van der Waals surface area contributed by atoms with Crippen LogP contribution < -0.4 is 5.73 Å². The van der Waals surface area contributed by atoms with E-state index in [1.165, 1.54) is 0 Å². The largest absolute Gasteiger partial charge is 0.329 e. The number of aromatic amines is 1. The highest BCUT2D eigenvalue weighted by atomic mass is 32.2. The van der Waals surface area contributed by atoms with Crippen molar-refractivity contribution in [2.24, 2.45) is 5.73 Å². The van der Waals surface area contributed by atoms with Gasteiger partial charge in [-0.25, -0.2) is 0 Å². The van der Waals surface area contributed by atoms with Crippen molar-refractivity contribution in [1.82, 2.24) is 15.4 Å². The van der Waals surface area contributed by atoms with E-state index >= 15 is 0 Å². The van der Waals surface area contributed by atoms with Crippen molar-refractivity contribution in [3.8, 4) is 0 Å². The summed E-state index contributed by atoms with van der Waals surface area (Å²) in [5.74, 6) is 0. The van der Waals surface area contributed by atoms with Crippen molar-refractivity contribution in [2.75, 3.05) is 12.8 Å². The Labute approximate surface area is 69.9 Å². The summed E-state index contributed by atoms with van der Waals surface area (Å²) in [6.07, 6.45) is 2.02. The van der Waals surface area contributed by atoms with Crippen molar-refractivity contribution in [2.45, 2.75) is 12.2 Å². The molecule has 1 heterocycles. The zero-order valence-electron chi connectivity index (χ0n) is 6.66. The second-order valence-corrected chi connectivity index (χ2v) is 3.29. The highest BCUT2D eigenvalue weighted by molar-refractivity contribution is 7.98. The van der Waals surface area contributed by atoms with Crippen LogP contribution in [0.3, 0.4) is 0 Å². The van der Waals surface area contributed by atoms with E-state index in [9.17, 15) is 0 Å². The first kappa shape index (κ1) is 8.55. The molecule has 0 radical (unpaired) electrons. The summed E-state index contributed by atoms with van der Waals surface area (Å²) >= 11 is 1.69. The van der Waals surface area contributed by atoms with Crippen molar-refractivity contribution >= 4 is 11.8 Å². The first-order chi connectivity index (χ1) is 5.29. The van der Waals surface area contributed by atoms with Gasteiger partial charge in [-0.05, 0) is 13.2 Å². The van der Waals surface area contributed by atoms with Gasteiger partial charge in [0.15, 0.2) is 0 Å². The van der Waals surface area contributed by atoms with Crippen LogP contribution in [0, 0.1) is 6.92 Å². The third kappa shape index (κ3) is 1.72. The Hall–Kier alpha value is -0.550. The summed E-state index contributed by atoms with van der Waals surface area (Å²) in [5, 5.41) is 10.8. The molecule has 5 heteroatoms. The topological polar surface area (TPSA) is 67.6 Å². The summed E-state index contributed by atoms with van der Waals surface area (Å²) in [5.41, 5.74) is 7.45. The van der Waals surface area contributed by atoms with Crippen LogP contribution in [0.25, 0.3) is 0 Å². The SMILES string of the molecule is CSC(CN)c1n[nH]nc1C. The fourth-order valence-electron chi connectivity index (χ4n) is 0.917. The van der Waals surface area contributed by atoms with Crippen molar-refractivity contribution in [1.29, 1.82) is 0 Å². The zero-order valence-corrected chi connectivity index (χ0v) is 7.48. The van der Waals surface area contributed by atoms with Crippen LogP contribution >= 0.6 is 11.8 Å². The molecular formula is C6H12N4S. The lowest BCUT2D eigenvalue weighted by Crippen LogP contribution is -2.10. The predicted octanol–water partition coefficient (Wildman–Crippen LogP) is 0.476. The Kier molecular flexibility index (Phi) is 2.90. The van der Waals surface area contributed by atoms with E-state index in [0.29, 0.717) is 6.54 Å². The molecular weight excluding hydrogens is 160 g/mol. The molecule has 1 aromatic heterocycles. The average Bonchev–Trinajstić information content (AvgIpc) is 2.40. The lowest BCUT2D eigenvalue weighted by Gasteiger charge is -2.07. The molecule has 0 amide bonds. The molecule has 0 bridgehead atoms. The molecule has 0 aliphatic rings. The maximum Gasteiger partial charge on any atom is 0.0996 e. The summed E-state index contributed by atoms with van der Waals surface area (Å²) in [7, 11) is 0. The smallest absolute Gasteiger partial charge is 0.0996 e. The van der Waals surface area contributed by atoms with Crippen molar-refractivity contribution < 1.29 is 0 Å². The first-order valence-corrected chi connectivity index (χ1v) is 4.68. The van der Waals surface area contributed by atoms with Gasteiger partial charge in [0.2, 0.25) is 0 Å². The van der Waals surface area contributed by atoms with Gasteiger partial charge in [-0.15, -0.1) is 0 Å². The first-order valence-electron chi connectivity index (χ1n) is 3.39. The maximum atomic E-state index is 5.54. The number of H-pyrrole nitrogens is 1. The summed E-state index contributed by atoms with van der Waals surface area (Å²) in [4.78, 5) is 0. The molecule has 4 nitrogen and oxygen atoms in total. The van der Waals surface area contributed by atoms with E-state index in [0.717, 1.165) is 11.4 Å². The second kappa shape index (κ2) is 3.73. The number of hydrogen-bond donors (Lipinski definition) is 2. The Morgan fingerprint density at radius 2 is 2.36 bits per heavy atom. The number of nitrogens with zero attached hydrogens (tertiary/aromatic N) is 2. The molecule has 3 N–H and O–H groups in total. The van der Waals surface area contributed by atoms with Gasteiger partial charge in [0.1, 0.15) is 0 Å².